The van der Waals surface area contributed by atoms with Crippen LogP contribution in [-0.4, -0.2) is 20.8 Å². The van der Waals surface area contributed by atoms with Gasteiger partial charge in [-0.1, -0.05) is 34.4 Å². The van der Waals surface area contributed by atoms with Crippen molar-refractivity contribution < 1.29 is 22.8 Å². The van der Waals surface area contributed by atoms with E-state index in [9.17, 15) is 13.6 Å². The van der Waals surface area contributed by atoms with Gasteiger partial charge in [-0.25, -0.2) is 8.78 Å². The lowest BCUT2D eigenvalue weighted by Crippen LogP contribution is -2.16. The molecule has 0 bridgehead atoms. The Morgan fingerprint density at radius 3 is 2.63 bits per heavy atom. The number of anilines is 1. The summed E-state index contributed by atoms with van der Waals surface area (Å²) in [4.78, 5) is 13.0. The minimum atomic E-state index is -0.857. The minimum Gasteiger partial charge on any atom is -0.486 e. The van der Waals surface area contributed by atoms with Crippen molar-refractivity contribution in [2.45, 2.75) is 33.9 Å². The summed E-state index contributed by atoms with van der Waals surface area (Å²) < 4.78 is 39.4. The number of rotatable bonds is 7. The molecule has 2 heterocycles. The zero-order chi connectivity index (χ0) is 25.3. The van der Waals surface area contributed by atoms with E-state index in [0.717, 1.165) is 11.6 Å². The van der Waals surface area contributed by atoms with Crippen molar-refractivity contribution in [1.29, 1.82) is 0 Å². The molecule has 0 spiro atoms. The first-order valence-electron chi connectivity index (χ1n) is 10.5. The molecule has 2 aromatic heterocycles. The minimum absolute atomic E-state index is 0.0164. The first-order valence-corrected chi connectivity index (χ1v) is 11.2. The van der Waals surface area contributed by atoms with E-state index in [1.807, 2.05) is 13.0 Å². The Morgan fingerprint density at radius 1 is 1.14 bits per heavy atom. The smallest absolute Gasteiger partial charge is 0.278 e. The number of aromatic nitrogens is 3. The standard InChI is InChI=1S/C24H20Cl2F2N4O3/c1-12-22(13(2)32(30-12)10-15-4-5-16(25)8-19(15)26)29-24(33)23-18(14(3)35-31-23)11-34-21-7-6-17(27)9-20(21)28/h4-9H,10-11H2,1-3H3,(H,29,33). The Balaban J connectivity index is 1.52. The summed E-state index contributed by atoms with van der Waals surface area (Å²) in [5.41, 5.74) is 2.94. The molecule has 0 radical (unpaired) electrons. The predicted molar refractivity (Wildman–Crippen MR) is 127 cm³/mol. The van der Waals surface area contributed by atoms with Gasteiger partial charge in [-0.3, -0.25) is 9.48 Å². The van der Waals surface area contributed by atoms with Crippen LogP contribution in [0.2, 0.25) is 10.0 Å². The highest BCUT2D eigenvalue weighted by Crippen LogP contribution is 2.26. The molecule has 4 rings (SSSR count). The van der Waals surface area contributed by atoms with Crippen LogP contribution >= 0.6 is 23.2 Å². The molecule has 0 saturated carbocycles. The molecule has 0 fully saturated rings. The van der Waals surface area contributed by atoms with Gasteiger partial charge in [-0.15, -0.1) is 0 Å². The van der Waals surface area contributed by atoms with E-state index in [0.29, 0.717) is 51.1 Å². The molecule has 4 aromatic rings. The zero-order valence-corrected chi connectivity index (χ0v) is 20.5. The molecule has 182 valence electrons. The largest absolute Gasteiger partial charge is 0.486 e. The predicted octanol–water partition coefficient (Wildman–Crippen LogP) is 6.26. The van der Waals surface area contributed by atoms with Crippen molar-refractivity contribution in [3.63, 3.8) is 0 Å². The van der Waals surface area contributed by atoms with Crippen molar-refractivity contribution in [2.75, 3.05) is 5.32 Å². The summed E-state index contributed by atoms with van der Waals surface area (Å²) >= 11 is 12.3. The second-order valence-electron chi connectivity index (χ2n) is 7.82. The van der Waals surface area contributed by atoms with Crippen molar-refractivity contribution >= 4 is 34.8 Å². The van der Waals surface area contributed by atoms with Gasteiger partial charge in [0.2, 0.25) is 0 Å². The molecule has 2 aromatic carbocycles. The number of hydrogen-bond donors (Lipinski definition) is 1. The average Bonchev–Trinajstić information content (AvgIpc) is 3.29. The third kappa shape index (κ3) is 5.31. The molecule has 35 heavy (non-hydrogen) atoms. The van der Waals surface area contributed by atoms with Crippen molar-refractivity contribution in [1.82, 2.24) is 14.9 Å². The Kier molecular flexibility index (Phi) is 7.09. The van der Waals surface area contributed by atoms with Crippen LogP contribution in [0.3, 0.4) is 0 Å². The molecule has 0 saturated heterocycles. The zero-order valence-electron chi connectivity index (χ0n) is 19.0. The van der Waals surface area contributed by atoms with E-state index in [2.05, 4.69) is 15.6 Å². The molecule has 1 amide bonds. The second-order valence-corrected chi connectivity index (χ2v) is 8.67. The number of hydrogen-bond acceptors (Lipinski definition) is 5. The van der Waals surface area contributed by atoms with E-state index in [1.54, 1.807) is 30.7 Å². The summed E-state index contributed by atoms with van der Waals surface area (Å²) in [6.07, 6.45) is 0. The van der Waals surface area contributed by atoms with Crippen molar-refractivity contribution in [3.05, 3.63) is 92.0 Å². The molecule has 0 atom stereocenters. The van der Waals surface area contributed by atoms with Gasteiger partial charge in [0.25, 0.3) is 5.91 Å². The Labute approximate surface area is 209 Å². The number of amides is 1. The van der Waals surface area contributed by atoms with E-state index in [-0.39, 0.29) is 18.1 Å². The van der Waals surface area contributed by atoms with Crippen molar-refractivity contribution in [3.8, 4) is 5.75 Å². The number of carbonyl (C=O) groups excluding carboxylic acids is 1. The summed E-state index contributed by atoms with van der Waals surface area (Å²) in [5, 5.41) is 12.2. The number of nitrogens with zero attached hydrogens (tertiary/aromatic N) is 3. The summed E-state index contributed by atoms with van der Waals surface area (Å²) in [6, 6.07) is 8.17. The van der Waals surface area contributed by atoms with Crippen LogP contribution in [0.5, 0.6) is 5.75 Å². The summed E-state index contributed by atoms with van der Waals surface area (Å²) in [5.74, 6) is -1.95. The Bertz CT molecular complexity index is 1420. The number of nitrogens with one attached hydrogen (secondary N) is 1. The maximum absolute atomic E-state index is 13.9. The third-order valence-electron chi connectivity index (χ3n) is 5.42. The fourth-order valence-corrected chi connectivity index (χ4v) is 3.97. The number of halogens is 4. The molecular formula is C24H20Cl2F2N4O3. The van der Waals surface area contributed by atoms with Gasteiger partial charge >= 0.3 is 0 Å². The van der Waals surface area contributed by atoms with E-state index in [4.69, 9.17) is 32.5 Å². The average molecular weight is 521 g/mol. The summed E-state index contributed by atoms with van der Waals surface area (Å²) in [7, 11) is 0. The summed E-state index contributed by atoms with van der Waals surface area (Å²) in [6.45, 7) is 5.36. The lowest BCUT2D eigenvalue weighted by molar-refractivity contribution is 0.101. The molecule has 7 nitrogen and oxygen atoms in total. The van der Waals surface area contributed by atoms with Gasteiger partial charge < -0.3 is 14.6 Å². The lowest BCUT2D eigenvalue weighted by Gasteiger charge is -2.09. The monoisotopic (exact) mass is 520 g/mol. The van der Waals surface area contributed by atoms with Crippen molar-refractivity contribution in [2.24, 2.45) is 0 Å². The molecular weight excluding hydrogens is 501 g/mol. The molecule has 1 N–H and O–H groups in total. The highest BCUT2D eigenvalue weighted by Gasteiger charge is 2.23. The van der Waals surface area contributed by atoms with Gasteiger partial charge in [0.1, 0.15) is 18.2 Å². The van der Waals surface area contributed by atoms with Gasteiger partial charge in [-0.05, 0) is 50.6 Å². The van der Waals surface area contributed by atoms with Crippen LogP contribution in [0.25, 0.3) is 0 Å². The maximum Gasteiger partial charge on any atom is 0.278 e. The lowest BCUT2D eigenvalue weighted by atomic mass is 10.2. The SMILES string of the molecule is Cc1nn(Cc2ccc(Cl)cc2Cl)c(C)c1NC(=O)c1noc(C)c1COc1ccc(F)cc1F. The molecule has 0 aliphatic heterocycles. The molecule has 11 heteroatoms. The first-order chi connectivity index (χ1) is 16.6. The fourth-order valence-electron chi connectivity index (χ4n) is 3.50. The topological polar surface area (TPSA) is 82.2 Å². The molecule has 0 aliphatic carbocycles. The van der Waals surface area contributed by atoms with Crippen LogP contribution in [0.4, 0.5) is 14.5 Å². The molecule has 0 aliphatic rings. The fraction of sp³-hybridized carbons (Fsp3) is 0.208. The van der Waals surface area contributed by atoms with Gasteiger partial charge in [-0.2, -0.15) is 5.10 Å². The first kappa shape index (κ1) is 24.7. The van der Waals surface area contributed by atoms with Crippen LogP contribution in [-0.2, 0) is 13.2 Å². The number of aryl methyl sites for hydroxylation is 2. The van der Waals surface area contributed by atoms with E-state index in [1.165, 1.54) is 6.07 Å². The molecule has 0 unspecified atom stereocenters. The third-order valence-corrected chi connectivity index (χ3v) is 6.01. The quantitative estimate of drug-likeness (QED) is 0.311. The van der Waals surface area contributed by atoms with E-state index >= 15 is 0 Å². The van der Waals surface area contributed by atoms with Crippen LogP contribution in [0.15, 0.2) is 40.9 Å². The number of ether oxygens (including phenoxy) is 1. The maximum atomic E-state index is 13.9. The van der Waals surface area contributed by atoms with Crippen LogP contribution in [0, 0.1) is 32.4 Å². The van der Waals surface area contributed by atoms with Gasteiger partial charge in [0, 0.05) is 16.1 Å². The highest BCUT2D eigenvalue weighted by molar-refractivity contribution is 6.35. The normalized spacial score (nSPS) is 11.1. The number of carbonyl (C=O) groups is 1. The number of benzene rings is 2. The Morgan fingerprint density at radius 2 is 1.91 bits per heavy atom. The van der Waals surface area contributed by atoms with Gasteiger partial charge in [0.05, 0.1) is 29.2 Å². The second kappa shape index (κ2) is 10.1. The highest BCUT2D eigenvalue weighted by atomic mass is 35.5. The Hall–Kier alpha value is -3.43. The van der Waals surface area contributed by atoms with Gasteiger partial charge in [0.15, 0.2) is 17.3 Å². The van der Waals surface area contributed by atoms with E-state index < -0.39 is 17.5 Å². The van der Waals surface area contributed by atoms with Crippen LogP contribution < -0.4 is 10.1 Å². The van der Waals surface area contributed by atoms with Crippen LogP contribution in [0.1, 0.15) is 38.8 Å².